The molecule has 6 nitrogen and oxygen atoms in total. The highest BCUT2D eigenvalue weighted by atomic mass is 127. The molecular weight excluding hydrogens is 371 g/mol. The van der Waals surface area contributed by atoms with E-state index in [1.807, 2.05) is 30.3 Å². The molecule has 0 spiro atoms. The first-order chi connectivity index (χ1) is 9.74. The second-order valence-electron chi connectivity index (χ2n) is 4.26. The number of nitrogens with zero attached hydrogens (tertiary/aromatic N) is 2. The van der Waals surface area contributed by atoms with Crippen molar-refractivity contribution in [3.05, 3.63) is 62.1 Å². The maximum Gasteiger partial charge on any atom is 0.341 e. The molecule has 0 aliphatic rings. The number of rotatable bonds is 4. The number of benzene rings is 1. The normalized spacial score (nSPS) is 11.1. The molecule has 0 saturated carbocycles. The van der Waals surface area contributed by atoms with E-state index in [4.69, 9.17) is 4.74 Å². The summed E-state index contributed by atoms with van der Waals surface area (Å²) in [6.45, 7) is 0.742. The number of fused-ring (bicyclic) bond motifs is 1. The number of ether oxygens (including phenoxy) is 1. The third kappa shape index (κ3) is 2.73. The monoisotopic (exact) mass is 383 g/mol. The highest BCUT2D eigenvalue weighted by Gasteiger charge is 2.14. The molecule has 2 aromatic heterocycles. The Hall–Kier alpha value is -1.74. The Bertz CT molecular complexity index is 782. The zero-order valence-electron chi connectivity index (χ0n) is 10.5. The fourth-order valence-electron chi connectivity index (χ4n) is 1.86. The first-order valence-electron chi connectivity index (χ1n) is 6.04. The Kier molecular flexibility index (Phi) is 3.79. The van der Waals surface area contributed by atoms with Gasteiger partial charge in [0.15, 0.2) is 5.82 Å². The van der Waals surface area contributed by atoms with Crippen LogP contribution in [0.2, 0.25) is 0 Å². The van der Waals surface area contributed by atoms with E-state index in [2.05, 4.69) is 37.7 Å². The number of nitrogens with one attached hydrogen (secondary N) is 2. The van der Waals surface area contributed by atoms with Crippen LogP contribution in [0.3, 0.4) is 0 Å². The van der Waals surface area contributed by atoms with Gasteiger partial charge >= 0.3 is 9.39 Å². The molecule has 7 heteroatoms. The molecule has 102 valence electrons. The van der Waals surface area contributed by atoms with Gasteiger partial charge < -0.3 is 9.72 Å². The van der Waals surface area contributed by atoms with E-state index in [1.165, 1.54) is 0 Å². The molecule has 0 fully saturated rings. The van der Waals surface area contributed by atoms with Crippen LogP contribution in [0, 0.1) is 3.83 Å². The molecule has 2 N–H and O–H groups in total. The van der Waals surface area contributed by atoms with Crippen molar-refractivity contribution in [2.75, 3.05) is 0 Å². The average molecular weight is 383 g/mol. The van der Waals surface area contributed by atoms with Gasteiger partial charge in [0.1, 0.15) is 12.8 Å². The molecule has 0 unspecified atom stereocenters. The second kappa shape index (κ2) is 5.71. The number of aromatic nitrogens is 4. The van der Waals surface area contributed by atoms with E-state index >= 15 is 0 Å². The van der Waals surface area contributed by atoms with Crippen LogP contribution in [0.5, 0.6) is 0 Å². The number of H-pyrrole nitrogens is 2. The van der Waals surface area contributed by atoms with Gasteiger partial charge in [0.2, 0.25) is 0 Å². The Labute approximate surface area is 128 Å². The third-order valence-electron chi connectivity index (χ3n) is 2.80. The molecule has 0 amide bonds. The molecule has 3 rings (SSSR count). The molecular formula is C13H12IN4O2+. The topological polar surface area (TPSA) is 74.9 Å². The van der Waals surface area contributed by atoms with Crippen molar-refractivity contribution in [3.8, 4) is 0 Å². The molecule has 0 aliphatic heterocycles. The molecule has 0 saturated heterocycles. The van der Waals surface area contributed by atoms with E-state index in [0.717, 1.165) is 9.39 Å². The van der Waals surface area contributed by atoms with Crippen molar-refractivity contribution >= 4 is 28.1 Å². The number of hydrogen-bond donors (Lipinski definition) is 2. The van der Waals surface area contributed by atoms with E-state index in [0.29, 0.717) is 17.9 Å². The Balaban J connectivity index is 1.75. The summed E-state index contributed by atoms with van der Waals surface area (Å²) in [6, 6.07) is 9.86. The molecule has 2 heterocycles. The van der Waals surface area contributed by atoms with Gasteiger partial charge in [-0.2, -0.15) is 0 Å². The van der Waals surface area contributed by atoms with Crippen LogP contribution in [-0.4, -0.2) is 15.1 Å². The van der Waals surface area contributed by atoms with Gasteiger partial charge in [-0.25, -0.2) is 4.98 Å². The summed E-state index contributed by atoms with van der Waals surface area (Å²) in [6.07, 6.45) is 1.63. The van der Waals surface area contributed by atoms with Crippen LogP contribution in [-0.2, 0) is 18.0 Å². The fourth-order valence-corrected chi connectivity index (χ4v) is 2.38. The molecule has 0 bridgehead atoms. The first kappa shape index (κ1) is 13.3. The minimum Gasteiger partial charge on any atom is -0.369 e. The van der Waals surface area contributed by atoms with Crippen molar-refractivity contribution in [1.29, 1.82) is 0 Å². The van der Waals surface area contributed by atoms with Gasteiger partial charge in [0.25, 0.3) is 5.52 Å². The largest absolute Gasteiger partial charge is 0.369 e. The summed E-state index contributed by atoms with van der Waals surface area (Å²) in [4.78, 5) is 17.5. The quantitative estimate of drug-likeness (QED) is 0.525. The maximum absolute atomic E-state index is 11.9. The maximum atomic E-state index is 11.9. The third-order valence-corrected chi connectivity index (χ3v) is 3.57. The van der Waals surface area contributed by atoms with E-state index in [9.17, 15) is 4.79 Å². The highest BCUT2D eigenvalue weighted by molar-refractivity contribution is 14.1. The fraction of sp³-hybridized carbons (Fsp3) is 0.154. The van der Waals surface area contributed by atoms with Gasteiger partial charge in [0.05, 0.1) is 29.2 Å². The molecule has 1 aromatic carbocycles. The van der Waals surface area contributed by atoms with Crippen molar-refractivity contribution in [3.63, 3.8) is 0 Å². The van der Waals surface area contributed by atoms with Crippen LogP contribution in [0.4, 0.5) is 0 Å². The molecule has 3 aromatic rings. The van der Waals surface area contributed by atoms with Crippen molar-refractivity contribution in [1.82, 2.24) is 15.1 Å². The minimum absolute atomic E-state index is 0.183. The number of halogens is 1. The van der Waals surface area contributed by atoms with Crippen LogP contribution < -0.4 is 10.1 Å². The molecule has 0 atom stereocenters. The first-order valence-corrected chi connectivity index (χ1v) is 7.12. The second-order valence-corrected chi connectivity index (χ2v) is 5.28. The number of hydrogen-bond acceptors (Lipinski definition) is 3. The van der Waals surface area contributed by atoms with Crippen LogP contribution in [0.1, 0.15) is 11.4 Å². The number of imidazole rings is 1. The van der Waals surface area contributed by atoms with E-state index in [-0.39, 0.29) is 12.2 Å². The molecule has 0 radical (unpaired) electrons. The van der Waals surface area contributed by atoms with Crippen molar-refractivity contribution < 1.29 is 9.25 Å². The lowest BCUT2D eigenvalue weighted by molar-refractivity contribution is -0.596. The molecule has 20 heavy (non-hydrogen) atoms. The summed E-state index contributed by atoms with van der Waals surface area (Å²) in [7, 11) is 0. The van der Waals surface area contributed by atoms with Gasteiger partial charge in [-0.3, -0.25) is 4.79 Å². The summed E-state index contributed by atoms with van der Waals surface area (Å²) in [5, 5.41) is 4.32. The van der Waals surface area contributed by atoms with Crippen LogP contribution >= 0.6 is 22.6 Å². The van der Waals surface area contributed by atoms with E-state index < -0.39 is 0 Å². The Morgan fingerprint density at radius 2 is 2.05 bits per heavy atom. The van der Waals surface area contributed by atoms with E-state index in [1.54, 1.807) is 10.7 Å². The van der Waals surface area contributed by atoms with Crippen molar-refractivity contribution in [2.24, 2.45) is 0 Å². The van der Waals surface area contributed by atoms with Gasteiger partial charge in [-0.1, -0.05) is 39.9 Å². The lowest BCUT2D eigenvalue weighted by atomic mass is 10.2. The van der Waals surface area contributed by atoms with Gasteiger partial charge in [-0.05, 0) is 5.56 Å². The summed E-state index contributed by atoms with van der Waals surface area (Å²) >= 11 is 2.08. The van der Waals surface area contributed by atoms with Crippen molar-refractivity contribution in [2.45, 2.75) is 13.2 Å². The summed E-state index contributed by atoms with van der Waals surface area (Å²) in [5.41, 5.74) is 1.39. The average Bonchev–Trinajstić information content (AvgIpc) is 2.82. The molecule has 0 aliphatic carbocycles. The lowest BCUT2D eigenvalue weighted by Crippen LogP contribution is -2.36. The predicted octanol–water partition coefficient (Wildman–Crippen LogP) is 1.16. The summed E-state index contributed by atoms with van der Waals surface area (Å²) in [5.74, 6) is 0.501. The minimum atomic E-state index is -0.183. The smallest absolute Gasteiger partial charge is 0.341 e. The highest BCUT2D eigenvalue weighted by Crippen LogP contribution is 2.02. The Morgan fingerprint density at radius 3 is 2.85 bits per heavy atom. The zero-order chi connectivity index (χ0) is 13.9. The van der Waals surface area contributed by atoms with Crippen LogP contribution in [0.15, 0.2) is 41.3 Å². The zero-order valence-corrected chi connectivity index (χ0v) is 12.6. The predicted molar refractivity (Wildman–Crippen MR) is 80.0 cm³/mol. The van der Waals surface area contributed by atoms with Gasteiger partial charge in [-0.15, -0.1) is 0 Å². The number of aromatic amines is 2. The van der Waals surface area contributed by atoms with Gasteiger partial charge in [0, 0.05) is 0 Å². The standard InChI is InChI=1S/C13H11IN4O2/c14-13-15-6-10-12(19)16-11(17-18(10)13)8-20-7-9-4-2-1-3-5-9/h1-6H,7-8H2,(H,16,17,19)/p+1. The Morgan fingerprint density at radius 1 is 1.25 bits per heavy atom. The SMILES string of the molecule is O=c1[nH]c(COCc2ccccc2)n[n+]2c(I)[nH]cc12. The van der Waals surface area contributed by atoms with Crippen LogP contribution in [0.25, 0.3) is 5.52 Å². The lowest BCUT2D eigenvalue weighted by Gasteiger charge is -2.02. The summed E-state index contributed by atoms with van der Waals surface area (Å²) < 4.78 is 7.91.